The molecule has 0 unspecified atom stereocenters. The molecule has 1 fully saturated rings. The molecule has 2 rings (SSSR count). The van der Waals surface area contributed by atoms with Crippen molar-refractivity contribution in [3.63, 3.8) is 0 Å². The number of hydrogen-bond acceptors (Lipinski definition) is 1. The molecule has 5 heteroatoms. The van der Waals surface area contributed by atoms with Crippen molar-refractivity contribution in [1.82, 2.24) is 4.90 Å². The van der Waals surface area contributed by atoms with Gasteiger partial charge in [-0.25, -0.2) is 4.39 Å². The van der Waals surface area contributed by atoms with Crippen molar-refractivity contribution in [2.75, 3.05) is 18.4 Å². The first-order valence-electron chi connectivity index (χ1n) is 6.61. The fourth-order valence-corrected chi connectivity index (χ4v) is 2.67. The highest BCUT2D eigenvalue weighted by Gasteiger charge is 2.25. The van der Waals surface area contributed by atoms with Gasteiger partial charge in [0.1, 0.15) is 5.82 Å². The summed E-state index contributed by atoms with van der Waals surface area (Å²) in [5.74, 6) is 0.537. The van der Waals surface area contributed by atoms with Crippen LogP contribution in [0.1, 0.15) is 26.2 Å². The third-order valence-electron chi connectivity index (χ3n) is 3.13. The lowest BCUT2D eigenvalue weighted by molar-refractivity contribution is 0.404. The lowest BCUT2D eigenvalue weighted by Crippen LogP contribution is -2.37. The molecule has 1 aliphatic rings. The van der Waals surface area contributed by atoms with Gasteiger partial charge in [0.25, 0.3) is 0 Å². The van der Waals surface area contributed by atoms with E-state index in [9.17, 15) is 4.39 Å². The molecule has 19 heavy (non-hydrogen) atoms. The quantitative estimate of drug-likeness (QED) is 0.796. The molecule has 0 heterocycles. The minimum atomic E-state index is -0.258. The van der Waals surface area contributed by atoms with E-state index in [1.807, 2.05) is 0 Å². The lowest BCUT2D eigenvalue weighted by atomic mass is 10.3. The van der Waals surface area contributed by atoms with E-state index in [1.54, 1.807) is 6.07 Å². The molecular weight excluding hydrogens is 327 g/mol. The molecule has 1 aromatic rings. The summed E-state index contributed by atoms with van der Waals surface area (Å²) in [6.07, 6.45) is 3.69. The average Bonchev–Trinajstić information content (AvgIpc) is 3.16. The van der Waals surface area contributed by atoms with Gasteiger partial charge in [0.15, 0.2) is 5.11 Å². The smallest absolute Gasteiger partial charge is 0.173 e. The van der Waals surface area contributed by atoms with Crippen LogP contribution >= 0.6 is 28.1 Å². The standard InChI is InChI=1S/C14H18BrFN2S/c1-2-7-18(9-10-3-4-10)14(19)17-13-6-5-11(16)8-12(13)15/h5-6,8,10H,2-4,7,9H2,1H3,(H,17,19). The maximum atomic E-state index is 13.0. The normalized spacial score (nSPS) is 14.3. The molecule has 0 aliphatic heterocycles. The molecule has 1 N–H and O–H groups in total. The van der Waals surface area contributed by atoms with Crippen LogP contribution in [0.15, 0.2) is 22.7 Å². The van der Waals surface area contributed by atoms with E-state index in [0.717, 1.165) is 36.2 Å². The summed E-state index contributed by atoms with van der Waals surface area (Å²) in [4.78, 5) is 2.21. The molecule has 0 saturated heterocycles. The maximum Gasteiger partial charge on any atom is 0.173 e. The molecule has 1 aromatic carbocycles. The first-order valence-corrected chi connectivity index (χ1v) is 7.81. The molecule has 104 valence electrons. The highest BCUT2D eigenvalue weighted by atomic mass is 79.9. The number of halogens is 2. The Hall–Kier alpha value is -0.680. The molecule has 0 spiro atoms. The third kappa shape index (κ3) is 4.42. The van der Waals surface area contributed by atoms with Gasteiger partial charge in [-0.1, -0.05) is 6.92 Å². The third-order valence-corrected chi connectivity index (χ3v) is 4.15. The van der Waals surface area contributed by atoms with Gasteiger partial charge in [-0.15, -0.1) is 0 Å². The van der Waals surface area contributed by atoms with Crippen molar-refractivity contribution >= 4 is 38.9 Å². The van der Waals surface area contributed by atoms with Gasteiger partial charge in [-0.3, -0.25) is 0 Å². The SMILES string of the molecule is CCCN(CC1CC1)C(=S)Nc1ccc(F)cc1Br. The van der Waals surface area contributed by atoms with Crippen LogP contribution in [0.4, 0.5) is 10.1 Å². The van der Waals surface area contributed by atoms with E-state index in [1.165, 1.54) is 25.0 Å². The van der Waals surface area contributed by atoms with Crippen LogP contribution in [0, 0.1) is 11.7 Å². The summed E-state index contributed by atoms with van der Waals surface area (Å²) in [6, 6.07) is 4.57. The van der Waals surface area contributed by atoms with Crippen molar-refractivity contribution in [1.29, 1.82) is 0 Å². The largest absolute Gasteiger partial charge is 0.349 e. The van der Waals surface area contributed by atoms with E-state index in [2.05, 4.69) is 33.1 Å². The number of nitrogens with zero attached hydrogens (tertiary/aromatic N) is 1. The van der Waals surface area contributed by atoms with Crippen LogP contribution in [0.2, 0.25) is 0 Å². The van der Waals surface area contributed by atoms with Crippen molar-refractivity contribution in [2.45, 2.75) is 26.2 Å². The Labute approximate surface area is 127 Å². The second kappa shape index (κ2) is 6.66. The monoisotopic (exact) mass is 344 g/mol. The van der Waals surface area contributed by atoms with Gasteiger partial charge in [0, 0.05) is 17.6 Å². The van der Waals surface area contributed by atoms with E-state index in [0.29, 0.717) is 4.47 Å². The summed E-state index contributed by atoms with van der Waals surface area (Å²) in [6.45, 7) is 4.13. The summed E-state index contributed by atoms with van der Waals surface area (Å²) in [5.41, 5.74) is 0.809. The molecule has 1 aliphatic carbocycles. The maximum absolute atomic E-state index is 13.0. The van der Waals surface area contributed by atoms with Gasteiger partial charge >= 0.3 is 0 Å². The zero-order valence-corrected chi connectivity index (χ0v) is 13.4. The fourth-order valence-electron chi connectivity index (χ4n) is 1.94. The Morgan fingerprint density at radius 3 is 2.84 bits per heavy atom. The van der Waals surface area contributed by atoms with Gasteiger partial charge in [0.2, 0.25) is 0 Å². The second-order valence-electron chi connectivity index (χ2n) is 4.94. The van der Waals surface area contributed by atoms with Crippen LogP contribution in [0.5, 0.6) is 0 Å². The van der Waals surface area contributed by atoms with Crippen molar-refractivity contribution in [3.8, 4) is 0 Å². The molecule has 0 amide bonds. The number of hydrogen-bond donors (Lipinski definition) is 1. The number of thiocarbonyl (C=S) groups is 1. The van der Waals surface area contributed by atoms with Crippen LogP contribution in [0.3, 0.4) is 0 Å². The van der Waals surface area contributed by atoms with Crippen molar-refractivity contribution in [2.24, 2.45) is 5.92 Å². The topological polar surface area (TPSA) is 15.3 Å². The number of rotatable bonds is 5. The molecule has 0 atom stereocenters. The van der Waals surface area contributed by atoms with Gasteiger partial charge < -0.3 is 10.2 Å². The molecule has 2 nitrogen and oxygen atoms in total. The Morgan fingerprint density at radius 2 is 2.26 bits per heavy atom. The van der Waals surface area contributed by atoms with Gasteiger partial charge in [-0.2, -0.15) is 0 Å². The van der Waals surface area contributed by atoms with E-state index in [4.69, 9.17) is 12.2 Å². The first kappa shape index (κ1) is 14.7. The van der Waals surface area contributed by atoms with Gasteiger partial charge in [0.05, 0.1) is 5.69 Å². The number of anilines is 1. The Kier molecular flexibility index (Phi) is 5.16. The first-order chi connectivity index (χ1) is 9.10. The molecule has 0 bridgehead atoms. The Bertz CT molecular complexity index is 463. The summed E-state index contributed by atoms with van der Waals surface area (Å²) in [5, 5.41) is 3.92. The molecule has 0 aromatic heterocycles. The van der Waals surface area contributed by atoms with Gasteiger partial charge in [-0.05, 0) is 71.5 Å². The van der Waals surface area contributed by atoms with Crippen LogP contribution in [0.25, 0.3) is 0 Å². The Balaban J connectivity index is 2.00. The summed E-state index contributed by atoms with van der Waals surface area (Å²) in [7, 11) is 0. The molecular formula is C14H18BrFN2S. The van der Waals surface area contributed by atoms with Crippen LogP contribution in [-0.4, -0.2) is 23.1 Å². The lowest BCUT2D eigenvalue weighted by Gasteiger charge is -2.25. The van der Waals surface area contributed by atoms with E-state index < -0.39 is 0 Å². The van der Waals surface area contributed by atoms with E-state index >= 15 is 0 Å². The van der Waals surface area contributed by atoms with E-state index in [-0.39, 0.29) is 5.82 Å². The van der Waals surface area contributed by atoms with Crippen LogP contribution < -0.4 is 5.32 Å². The van der Waals surface area contributed by atoms with Crippen molar-refractivity contribution in [3.05, 3.63) is 28.5 Å². The predicted octanol–water partition coefficient (Wildman–Crippen LogP) is 4.41. The minimum absolute atomic E-state index is 0.258. The van der Waals surface area contributed by atoms with Crippen LogP contribution in [-0.2, 0) is 0 Å². The average molecular weight is 345 g/mol. The Morgan fingerprint density at radius 1 is 1.53 bits per heavy atom. The molecule has 1 saturated carbocycles. The van der Waals surface area contributed by atoms with Crippen molar-refractivity contribution < 1.29 is 4.39 Å². The highest BCUT2D eigenvalue weighted by Crippen LogP contribution is 2.30. The molecule has 0 radical (unpaired) electrons. The number of nitrogens with one attached hydrogen (secondary N) is 1. The zero-order chi connectivity index (χ0) is 13.8. The number of benzene rings is 1. The second-order valence-corrected chi connectivity index (χ2v) is 6.18. The highest BCUT2D eigenvalue weighted by molar-refractivity contribution is 9.10. The zero-order valence-electron chi connectivity index (χ0n) is 11.0. The summed E-state index contributed by atoms with van der Waals surface area (Å²) >= 11 is 8.81. The fraction of sp³-hybridized carbons (Fsp3) is 0.500. The predicted molar refractivity (Wildman–Crippen MR) is 84.9 cm³/mol. The minimum Gasteiger partial charge on any atom is -0.349 e. The summed E-state index contributed by atoms with van der Waals surface area (Å²) < 4.78 is 13.7.